The number of halogens is 2. The first-order chi connectivity index (χ1) is 8.19. The van der Waals surface area contributed by atoms with Gasteiger partial charge >= 0.3 is 0 Å². The number of hydrogen-bond acceptors (Lipinski definition) is 2. The van der Waals surface area contributed by atoms with Crippen molar-refractivity contribution in [3.8, 4) is 0 Å². The summed E-state index contributed by atoms with van der Waals surface area (Å²) >= 11 is 9.37. The van der Waals surface area contributed by atoms with Crippen molar-refractivity contribution < 1.29 is 4.74 Å². The fourth-order valence-corrected chi connectivity index (χ4v) is 2.53. The molecule has 1 aliphatic rings. The van der Waals surface area contributed by atoms with Gasteiger partial charge in [-0.05, 0) is 24.6 Å². The molecule has 2 atom stereocenters. The minimum absolute atomic E-state index is 0.304. The van der Waals surface area contributed by atoms with Crippen LogP contribution in [-0.2, 0) is 11.3 Å². The van der Waals surface area contributed by atoms with Crippen LogP contribution in [0.15, 0.2) is 24.3 Å². The Morgan fingerprint density at radius 1 is 1.41 bits per heavy atom. The Hall–Kier alpha value is -0.0900. The van der Waals surface area contributed by atoms with Crippen molar-refractivity contribution in [2.45, 2.75) is 25.6 Å². The molecule has 0 spiro atoms. The molecule has 2 rings (SSSR count). The van der Waals surface area contributed by atoms with Gasteiger partial charge in [-0.3, -0.25) is 4.90 Å². The molecule has 1 aliphatic heterocycles. The van der Waals surface area contributed by atoms with E-state index in [0.29, 0.717) is 12.1 Å². The largest absolute Gasteiger partial charge is 0.374 e. The average Bonchev–Trinajstić information content (AvgIpc) is 2.35. The molecule has 1 aromatic carbocycles. The van der Waals surface area contributed by atoms with Gasteiger partial charge in [0.15, 0.2) is 0 Å². The molecule has 0 bridgehead atoms. The van der Waals surface area contributed by atoms with E-state index >= 15 is 0 Å². The van der Waals surface area contributed by atoms with Crippen molar-refractivity contribution in [3.63, 3.8) is 0 Å². The fourth-order valence-electron chi connectivity index (χ4n) is 2.01. The number of ether oxygens (including phenoxy) is 1. The van der Waals surface area contributed by atoms with Crippen LogP contribution in [0.5, 0.6) is 0 Å². The summed E-state index contributed by atoms with van der Waals surface area (Å²) in [5.74, 6) is 0. The van der Waals surface area contributed by atoms with Crippen LogP contribution in [0.25, 0.3) is 0 Å². The second kappa shape index (κ2) is 6.19. The predicted molar refractivity (Wildman–Crippen MR) is 74.9 cm³/mol. The Morgan fingerprint density at radius 3 is 2.76 bits per heavy atom. The minimum atomic E-state index is 0.304. The summed E-state index contributed by atoms with van der Waals surface area (Å²) in [5.41, 5.74) is 1.30. The van der Waals surface area contributed by atoms with Crippen LogP contribution in [0.2, 0.25) is 5.02 Å². The highest BCUT2D eigenvalue weighted by Gasteiger charge is 2.25. The van der Waals surface area contributed by atoms with E-state index in [4.69, 9.17) is 16.3 Å². The van der Waals surface area contributed by atoms with Gasteiger partial charge in [-0.1, -0.05) is 39.7 Å². The van der Waals surface area contributed by atoms with Gasteiger partial charge in [0, 0.05) is 29.5 Å². The molecule has 1 fully saturated rings. The standard InChI is InChI=1S/C13H17BrClNO/c1-10-9-17-13(6-14)8-16(10)7-11-2-4-12(15)5-3-11/h2-5,10,13H,6-9H2,1H3. The Morgan fingerprint density at radius 2 is 2.12 bits per heavy atom. The smallest absolute Gasteiger partial charge is 0.0799 e. The highest BCUT2D eigenvalue weighted by atomic mass is 79.9. The van der Waals surface area contributed by atoms with E-state index < -0.39 is 0 Å². The molecule has 0 aromatic heterocycles. The number of hydrogen-bond donors (Lipinski definition) is 0. The topological polar surface area (TPSA) is 12.5 Å². The van der Waals surface area contributed by atoms with Crippen LogP contribution >= 0.6 is 27.5 Å². The lowest BCUT2D eigenvalue weighted by molar-refractivity contribution is -0.0499. The second-order valence-electron chi connectivity index (χ2n) is 4.51. The molecule has 1 saturated heterocycles. The SMILES string of the molecule is CC1COC(CBr)CN1Cc1ccc(Cl)cc1. The normalized spacial score (nSPS) is 26.1. The lowest BCUT2D eigenvalue weighted by Crippen LogP contribution is -2.48. The van der Waals surface area contributed by atoms with E-state index in [1.807, 2.05) is 12.1 Å². The van der Waals surface area contributed by atoms with Crippen molar-refractivity contribution in [3.05, 3.63) is 34.9 Å². The molecule has 4 heteroatoms. The third-order valence-electron chi connectivity index (χ3n) is 3.11. The molecular weight excluding hydrogens is 302 g/mol. The molecule has 0 amide bonds. The third-order valence-corrected chi connectivity index (χ3v) is 4.08. The van der Waals surface area contributed by atoms with Gasteiger partial charge in [-0.25, -0.2) is 0 Å². The van der Waals surface area contributed by atoms with Gasteiger partial charge in [0.25, 0.3) is 0 Å². The number of benzene rings is 1. The molecule has 17 heavy (non-hydrogen) atoms. The molecule has 1 heterocycles. The second-order valence-corrected chi connectivity index (χ2v) is 5.60. The molecule has 0 aliphatic carbocycles. The number of rotatable bonds is 3. The molecule has 2 unspecified atom stereocenters. The van der Waals surface area contributed by atoms with Crippen LogP contribution in [0, 0.1) is 0 Å². The number of morpholine rings is 1. The highest BCUT2D eigenvalue weighted by molar-refractivity contribution is 9.09. The van der Waals surface area contributed by atoms with Gasteiger partial charge < -0.3 is 4.74 Å². The van der Waals surface area contributed by atoms with Crippen molar-refractivity contribution in [2.75, 3.05) is 18.5 Å². The summed E-state index contributed by atoms with van der Waals surface area (Å²) in [6.45, 7) is 4.96. The average molecular weight is 319 g/mol. The Kier molecular flexibility index (Phi) is 4.86. The summed E-state index contributed by atoms with van der Waals surface area (Å²) in [6, 6.07) is 8.55. The van der Waals surface area contributed by atoms with Gasteiger partial charge in [-0.2, -0.15) is 0 Å². The van der Waals surface area contributed by atoms with Gasteiger partial charge in [-0.15, -0.1) is 0 Å². The van der Waals surface area contributed by atoms with Gasteiger partial charge in [0.2, 0.25) is 0 Å². The molecule has 1 aromatic rings. The summed E-state index contributed by atoms with van der Waals surface area (Å²) in [5, 5.41) is 1.69. The summed E-state index contributed by atoms with van der Waals surface area (Å²) in [7, 11) is 0. The summed E-state index contributed by atoms with van der Waals surface area (Å²) < 4.78 is 5.72. The minimum Gasteiger partial charge on any atom is -0.374 e. The first-order valence-electron chi connectivity index (χ1n) is 5.85. The summed E-state index contributed by atoms with van der Waals surface area (Å²) in [4.78, 5) is 2.46. The third kappa shape index (κ3) is 3.68. The van der Waals surface area contributed by atoms with Gasteiger partial charge in [0.1, 0.15) is 0 Å². The molecular formula is C13H17BrClNO. The quantitative estimate of drug-likeness (QED) is 0.793. The zero-order chi connectivity index (χ0) is 12.3. The first-order valence-corrected chi connectivity index (χ1v) is 7.35. The van der Waals surface area contributed by atoms with Crippen LogP contribution in [0.4, 0.5) is 0 Å². The lowest BCUT2D eigenvalue weighted by Gasteiger charge is -2.37. The monoisotopic (exact) mass is 317 g/mol. The van der Waals surface area contributed by atoms with Gasteiger partial charge in [0.05, 0.1) is 12.7 Å². The highest BCUT2D eigenvalue weighted by Crippen LogP contribution is 2.17. The van der Waals surface area contributed by atoms with E-state index in [1.54, 1.807) is 0 Å². The first kappa shape index (κ1) is 13.3. The zero-order valence-electron chi connectivity index (χ0n) is 9.90. The van der Waals surface area contributed by atoms with E-state index in [2.05, 4.69) is 39.9 Å². The van der Waals surface area contributed by atoms with Crippen LogP contribution in [0.3, 0.4) is 0 Å². The van der Waals surface area contributed by atoms with Crippen LogP contribution in [0.1, 0.15) is 12.5 Å². The van der Waals surface area contributed by atoms with E-state index in [1.165, 1.54) is 5.56 Å². The molecule has 2 nitrogen and oxygen atoms in total. The van der Waals surface area contributed by atoms with E-state index in [9.17, 15) is 0 Å². The van der Waals surface area contributed by atoms with E-state index in [0.717, 1.165) is 30.0 Å². The fraction of sp³-hybridized carbons (Fsp3) is 0.538. The van der Waals surface area contributed by atoms with Crippen molar-refractivity contribution in [1.29, 1.82) is 0 Å². The van der Waals surface area contributed by atoms with Crippen molar-refractivity contribution in [1.82, 2.24) is 4.90 Å². The van der Waals surface area contributed by atoms with Crippen molar-refractivity contribution in [2.24, 2.45) is 0 Å². The zero-order valence-corrected chi connectivity index (χ0v) is 12.2. The molecule has 0 saturated carbocycles. The Balaban J connectivity index is 1.98. The maximum Gasteiger partial charge on any atom is 0.0799 e. The lowest BCUT2D eigenvalue weighted by atomic mass is 10.1. The Bertz CT molecular complexity index is 357. The van der Waals surface area contributed by atoms with Crippen molar-refractivity contribution >= 4 is 27.5 Å². The summed E-state index contributed by atoms with van der Waals surface area (Å²) in [6.07, 6.45) is 0.304. The molecule has 94 valence electrons. The number of nitrogens with zero attached hydrogens (tertiary/aromatic N) is 1. The maximum absolute atomic E-state index is 5.89. The number of alkyl halides is 1. The molecule has 0 radical (unpaired) electrons. The van der Waals surface area contributed by atoms with E-state index in [-0.39, 0.29) is 0 Å². The maximum atomic E-state index is 5.89. The van der Waals surface area contributed by atoms with Crippen LogP contribution < -0.4 is 0 Å². The Labute approximate surface area is 116 Å². The predicted octanol–water partition coefficient (Wildman–Crippen LogP) is 3.32. The van der Waals surface area contributed by atoms with Crippen LogP contribution in [-0.4, -0.2) is 35.5 Å². The molecule has 0 N–H and O–H groups in total.